The molecule has 1 fully saturated rings. The molecular weight excluding hydrogens is 246 g/mol. The molecule has 1 aliphatic carbocycles. The first-order chi connectivity index (χ1) is 9.13. The van der Waals surface area contributed by atoms with E-state index in [1.165, 1.54) is 6.07 Å². The Morgan fingerprint density at radius 3 is 2.79 bits per heavy atom. The summed E-state index contributed by atoms with van der Waals surface area (Å²) in [6.07, 6.45) is 3.83. The second-order valence-electron chi connectivity index (χ2n) is 4.91. The maximum atomic E-state index is 11.1. The normalized spacial score (nSPS) is 15.1. The van der Waals surface area contributed by atoms with Crippen LogP contribution in [0.25, 0.3) is 0 Å². The van der Waals surface area contributed by atoms with Gasteiger partial charge in [-0.2, -0.15) is 0 Å². The molecule has 104 valence electrons. The Hall–Kier alpha value is -1.69. The van der Waals surface area contributed by atoms with Crippen molar-refractivity contribution >= 4 is 11.5 Å². The third-order valence-corrected chi connectivity index (χ3v) is 3.54. The molecule has 19 heavy (non-hydrogen) atoms. The average Bonchev–Trinajstić information content (AvgIpc) is 2.31. The maximum Gasteiger partial charge on any atom is 0.311 e. The maximum absolute atomic E-state index is 11.1. The smallest absolute Gasteiger partial charge is 0.311 e. The van der Waals surface area contributed by atoms with Gasteiger partial charge < -0.3 is 10.0 Å². The molecule has 0 saturated heterocycles. The fourth-order valence-electron chi connectivity index (χ4n) is 2.29. The molecule has 0 radical (unpaired) electrons. The number of hydrogen-bond donors (Lipinski definition) is 1. The van der Waals surface area contributed by atoms with Gasteiger partial charge in [0.05, 0.1) is 4.92 Å². The lowest BCUT2D eigenvalue weighted by molar-refractivity contribution is -0.384. The van der Waals surface area contributed by atoms with Gasteiger partial charge in [0.1, 0.15) is 0 Å². The van der Waals surface area contributed by atoms with Crippen LogP contribution in [-0.4, -0.2) is 34.2 Å². The van der Waals surface area contributed by atoms with E-state index >= 15 is 0 Å². The first kappa shape index (κ1) is 13.7. The number of aliphatic hydroxyl groups excluding tert-OH is 1. The van der Waals surface area contributed by atoms with Crippen LogP contribution in [0.1, 0.15) is 31.4 Å². The van der Waals surface area contributed by atoms with E-state index in [1.807, 2.05) is 11.8 Å². The summed E-state index contributed by atoms with van der Waals surface area (Å²) >= 11 is 0. The third kappa shape index (κ3) is 3.01. The van der Waals surface area contributed by atoms with Crippen LogP contribution in [0.4, 0.5) is 11.5 Å². The molecule has 1 aromatic heterocycles. The van der Waals surface area contributed by atoms with Gasteiger partial charge in [-0.15, -0.1) is 0 Å². The summed E-state index contributed by atoms with van der Waals surface area (Å²) in [5, 5.41) is 20.1. The van der Waals surface area contributed by atoms with Crippen molar-refractivity contribution in [3.8, 4) is 0 Å². The van der Waals surface area contributed by atoms with Crippen LogP contribution in [0, 0.1) is 17.0 Å². The molecule has 0 atom stereocenters. The van der Waals surface area contributed by atoms with E-state index in [4.69, 9.17) is 5.11 Å². The predicted octanol–water partition coefficient (Wildman–Crippen LogP) is 2.04. The Balaban J connectivity index is 2.33. The highest BCUT2D eigenvalue weighted by molar-refractivity contribution is 5.59. The van der Waals surface area contributed by atoms with Crippen LogP contribution in [0.2, 0.25) is 0 Å². The largest absolute Gasteiger partial charge is 0.396 e. The summed E-state index contributed by atoms with van der Waals surface area (Å²) in [5.74, 6) is 0.447. The Bertz CT molecular complexity index is 460. The van der Waals surface area contributed by atoms with Crippen LogP contribution < -0.4 is 4.90 Å². The Morgan fingerprint density at radius 1 is 1.53 bits per heavy atom. The van der Waals surface area contributed by atoms with E-state index in [0.29, 0.717) is 24.8 Å². The number of anilines is 1. The minimum absolute atomic E-state index is 0.0513. The molecular formula is C13H19N3O3. The first-order valence-corrected chi connectivity index (χ1v) is 6.63. The number of aryl methyl sites for hydroxylation is 1. The average molecular weight is 265 g/mol. The SMILES string of the molecule is Cc1ccc([N+](=O)[O-])c(N(CCCO)C2CCC2)n1. The van der Waals surface area contributed by atoms with Crippen molar-refractivity contribution < 1.29 is 10.0 Å². The van der Waals surface area contributed by atoms with Crippen LogP contribution >= 0.6 is 0 Å². The molecule has 1 saturated carbocycles. The molecule has 1 aromatic rings. The second-order valence-corrected chi connectivity index (χ2v) is 4.91. The third-order valence-electron chi connectivity index (χ3n) is 3.54. The van der Waals surface area contributed by atoms with E-state index in [-0.39, 0.29) is 17.2 Å². The molecule has 0 amide bonds. The van der Waals surface area contributed by atoms with Gasteiger partial charge in [-0.1, -0.05) is 0 Å². The molecule has 6 nitrogen and oxygen atoms in total. The van der Waals surface area contributed by atoms with E-state index in [9.17, 15) is 10.1 Å². The van der Waals surface area contributed by atoms with E-state index in [2.05, 4.69) is 4.98 Å². The van der Waals surface area contributed by atoms with Crippen LogP contribution in [0.5, 0.6) is 0 Å². The fraction of sp³-hybridized carbons (Fsp3) is 0.615. The zero-order valence-electron chi connectivity index (χ0n) is 11.1. The minimum atomic E-state index is -0.383. The van der Waals surface area contributed by atoms with Gasteiger partial charge in [-0.25, -0.2) is 4.98 Å². The van der Waals surface area contributed by atoms with Gasteiger partial charge in [0.25, 0.3) is 0 Å². The van der Waals surface area contributed by atoms with E-state index in [0.717, 1.165) is 25.0 Å². The number of pyridine rings is 1. The molecule has 6 heteroatoms. The molecule has 0 aromatic carbocycles. The molecule has 0 spiro atoms. The predicted molar refractivity (Wildman–Crippen MR) is 72.3 cm³/mol. The van der Waals surface area contributed by atoms with Gasteiger partial charge >= 0.3 is 5.69 Å². The van der Waals surface area contributed by atoms with Crippen molar-refractivity contribution in [1.29, 1.82) is 0 Å². The van der Waals surface area contributed by atoms with E-state index in [1.54, 1.807) is 6.07 Å². The highest BCUT2D eigenvalue weighted by atomic mass is 16.6. The monoisotopic (exact) mass is 265 g/mol. The quantitative estimate of drug-likeness (QED) is 0.629. The molecule has 0 bridgehead atoms. The fourth-order valence-corrected chi connectivity index (χ4v) is 2.29. The molecule has 1 N–H and O–H groups in total. The summed E-state index contributed by atoms with van der Waals surface area (Å²) in [6, 6.07) is 3.49. The van der Waals surface area contributed by atoms with Gasteiger partial charge in [0.15, 0.2) is 0 Å². The molecule has 1 heterocycles. The van der Waals surface area contributed by atoms with Gasteiger partial charge in [-0.3, -0.25) is 10.1 Å². The second kappa shape index (κ2) is 5.97. The van der Waals surface area contributed by atoms with Crippen molar-refractivity contribution in [3.05, 3.63) is 27.9 Å². The molecule has 0 unspecified atom stereocenters. The lowest BCUT2D eigenvalue weighted by Crippen LogP contribution is -2.42. The minimum Gasteiger partial charge on any atom is -0.396 e. The number of aromatic nitrogens is 1. The van der Waals surface area contributed by atoms with Crippen molar-refractivity contribution in [2.45, 2.75) is 38.6 Å². The highest BCUT2D eigenvalue weighted by Gasteiger charge is 2.30. The summed E-state index contributed by atoms with van der Waals surface area (Å²) in [5.41, 5.74) is 0.823. The molecule has 2 rings (SSSR count). The molecule has 0 aliphatic heterocycles. The van der Waals surface area contributed by atoms with Gasteiger partial charge in [0, 0.05) is 31.0 Å². The number of rotatable bonds is 6. The van der Waals surface area contributed by atoms with Crippen LogP contribution in [-0.2, 0) is 0 Å². The first-order valence-electron chi connectivity index (χ1n) is 6.63. The van der Waals surface area contributed by atoms with Crippen LogP contribution in [0.3, 0.4) is 0 Å². The number of hydrogen-bond acceptors (Lipinski definition) is 5. The number of aliphatic hydroxyl groups is 1. The van der Waals surface area contributed by atoms with Crippen molar-refractivity contribution in [1.82, 2.24) is 4.98 Å². The van der Waals surface area contributed by atoms with Crippen molar-refractivity contribution in [2.24, 2.45) is 0 Å². The lowest BCUT2D eigenvalue weighted by Gasteiger charge is -2.38. The highest BCUT2D eigenvalue weighted by Crippen LogP contribution is 2.34. The summed E-state index contributed by atoms with van der Waals surface area (Å²) in [4.78, 5) is 17.1. The number of nitrogens with zero attached hydrogens (tertiary/aromatic N) is 3. The molecule has 1 aliphatic rings. The van der Waals surface area contributed by atoms with E-state index < -0.39 is 0 Å². The Kier molecular flexibility index (Phi) is 4.31. The van der Waals surface area contributed by atoms with Crippen LogP contribution in [0.15, 0.2) is 12.1 Å². The van der Waals surface area contributed by atoms with Gasteiger partial charge in [0.2, 0.25) is 5.82 Å². The standard InChI is InChI=1S/C13H19N3O3/c1-10-6-7-12(16(18)19)13(14-10)15(8-3-9-17)11-4-2-5-11/h6-7,11,17H,2-5,8-9H2,1H3. The zero-order valence-corrected chi connectivity index (χ0v) is 11.1. The Morgan fingerprint density at radius 2 is 2.26 bits per heavy atom. The summed E-state index contributed by atoms with van der Waals surface area (Å²) in [7, 11) is 0. The summed E-state index contributed by atoms with van der Waals surface area (Å²) in [6.45, 7) is 2.53. The lowest BCUT2D eigenvalue weighted by atomic mass is 9.91. The zero-order chi connectivity index (χ0) is 13.8. The summed E-state index contributed by atoms with van der Waals surface area (Å²) < 4.78 is 0. The number of nitro groups is 1. The topological polar surface area (TPSA) is 79.5 Å². The van der Waals surface area contributed by atoms with Crippen molar-refractivity contribution in [2.75, 3.05) is 18.1 Å². The Labute approximate surface area is 112 Å². The van der Waals surface area contributed by atoms with Crippen molar-refractivity contribution in [3.63, 3.8) is 0 Å². The van der Waals surface area contributed by atoms with Gasteiger partial charge in [-0.05, 0) is 38.7 Å².